The van der Waals surface area contributed by atoms with Crippen molar-refractivity contribution in [3.05, 3.63) is 59.2 Å². The van der Waals surface area contributed by atoms with Gasteiger partial charge in [-0.15, -0.1) is 0 Å². The maximum Gasteiger partial charge on any atom is 0.118 e. The van der Waals surface area contributed by atoms with Gasteiger partial charge in [0.1, 0.15) is 5.75 Å². The summed E-state index contributed by atoms with van der Waals surface area (Å²) in [5.74, 6) is 0.896. The number of nitrogens with two attached hydrogens (primary N) is 1. The Morgan fingerprint density at radius 3 is 2.67 bits per heavy atom. The van der Waals surface area contributed by atoms with Crippen LogP contribution in [0.25, 0.3) is 0 Å². The van der Waals surface area contributed by atoms with Gasteiger partial charge in [0.15, 0.2) is 0 Å². The molecule has 0 fully saturated rings. The molecule has 0 bridgehead atoms. The van der Waals surface area contributed by atoms with E-state index in [0.717, 1.165) is 24.3 Å². The van der Waals surface area contributed by atoms with Crippen molar-refractivity contribution in [1.29, 1.82) is 0 Å². The molecule has 21 heavy (non-hydrogen) atoms. The van der Waals surface area contributed by atoms with Crippen molar-refractivity contribution in [2.45, 2.75) is 31.8 Å². The molecule has 3 N–H and O–H groups in total. The van der Waals surface area contributed by atoms with Gasteiger partial charge >= 0.3 is 0 Å². The van der Waals surface area contributed by atoms with Gasteiger partial charge in [-0.1, -0.05) is 18.2 Å². The van der Waals surface area contributed by atoms with E-state index < -0.39 is 0 Å². The van der Waals surface area contributed by atoms with Crippen molar-refractivity contribution < 1.29 is 4.74 Å². The Morgan fingerprint density at radius 1 is 1.19 bits per heavy atom. The molecule has 0 aromatic heterocycles. The number of nitrogen functional groups attached to an aromatic ring is 1. The predicted molar refractivity (Wildman–Crippen MR) is 86.5 cm³/mol. The highest BCUT2D eigenvalue weighted by atomic mass is 16.5. The van der Waals surface area contributed by atoms with E-state index in [-0.39, 0.29) is 0 Å². The average molecular weight is 282 g/mol. The fraction of sp³-hybridized carbons (Fsp3) is 0.333. The van der Waals surface area contributed by atoms with Gasteiger partial charge in [-0.25, -0.2) is 0 Å². The van der Waals surface area contributed by atoms with Crippen LogP contribution in [0.15, 0.2) is 42.5 Å². The number of fused-ring (bicyclic) bond motifs is 1. The Morgan fingerprint density at radius 2 is 1.95 bits per heavy atom. The fourth-order valence-corrected chi connectivity index (χ4v) is 3.10. The quantitative estimate of drug-likeness (QED) is 0.842. The van der Waals surface area contributed by atoms with Crippen molar-refractivity contribution in [2.75, 3.05) is 12.8 Å². The van der Waals surface area contributed by atoms with Gasteiger partial charge in [-0.3, -0.25) is 0 Å². The summed E-state index contributed by atoms with van der Waals surface area (Å²) in [5.41, 5.74) is 10.8. The number of hydrogen-bond acceptors (Lipinski definition) is 3. The van der Waals surface area contributed by atoms with Crippen LogP contribution in [0.3, 0.4) is 0 Å². The summed E-state index contributed by atoms with van der Waals surface area (Å²) in [7, 11) is 1.69. The minimum atomic E-state index is 0.310. The third-order valence-corrected chi connectivity index (χ3v) is 4.31. The van der Waals surface area contributed by atoms with E-state index in [4.69, 9.17) is 10.5 Å². The molecule has 2 aromatic carbocycles. The van der Waals surface area contributed by atoms with Crippen LogP contribution in [0.1, 0.15) is 42.1 Å². The van der Waals surface area contributed by atoms with Gasteiger partial charge < -0.3 is 15.8 Å². The van der Waals surface area contributed by atoms with Crippen molar-refractivity contribution in [1.82, 2.24) is 5.32 Å². The lowest BCUT2D eigenvalue weighted by Gasteiger charge is -2.21. The summed E-state index contributed by atoms with van der Waals surface area (Å²) < 4.78 is 5.21. The normalized spacial score (nSPS) is 18.3. The number of methoxy groups -OCH3 is 1. The molecule has 3 nitrogen and oxygen atoms in total. The highest BCUT2D eigenvalue weighted by Gasteiger charge is 2.23. The van der Waals surface area contributed by atoms with Crippen molar-refractivity contribution in [3.8, 4) is 5.75 Å². The summed E-state index contributed by atoms with van der Waals surface area (Å²) >= 11 is 0. The van der Waals surface area contributed by atoms with Gasteiger partial charge in [0, 0.05) is 17.8 Å². The van der Waals surface area contributed by atoms with Crippen molar-refractivity contribution in [3.63, 3.8) is 0 Å². The highest BCUT2D eigenvalue weighted by molar-refractivity contribution is 5.47. The van der Waals surface area contributed by atoms with Crippen LogP contribution >= 0.6 is 0 Å². The lowest BCUT2D eigenvalue weighted by atomic mass is 10.0. The SMILES string of the molecule is COc1ccc([C@H](C)NC2CCc3cc(N)ccc32)cc1. The molecule has 1 aliphatic carbocycles. The topological polar surface area (TPSA) is 47.3 Å². The molecule has 0 amide bonds. The molecule has 2 aromatic rings. The second-order valence-electron chi connectivity index (χ2n) is 5.71. The number of rotatable bonds is 4. The van der Waals surface area contributed by atoms with Crippen LogP contribution in [-0.4, -0.2) is 7.11 Å². The zero-order valence-corrected chi connectivity index (χ0v) is 12.6. The van der Waals surface area contributed by atoms with Crippen molar-refractivity contribution >= 4 is 5.69 Å². The summed E-state index contributed by atoms with van der Waals surface area (Å²) in [6.45, 7) is 2.21. The molecule has 0 spiro atoms. The highest BCUT2D eigenvalue weighted by Crippen LogP contribution is 2.34. The van der Waals surface area contributed by atoms with Crippen LogP contribution in [-0.2, 0) is 6.42 Å². The van der Waals surface area contributed by atoms with Crippen LogP contribution in [0, 0.1) is 0 Å². The summed E-state index contributed by atoms with van der Waals surface area (Å²) in [5, 5.41) is 3.73. The Labute approximate surface area is 126 Å². The lowest BCUT2D eigenvalue weighted by molar-refractivity contribution is 0.414. The monoisotopic (exact) mass is 282 g/mol. The molecule has 2 atom stereocenters. The molecule has 0 saturated carbocycles. The molecule has 0 radical (unpaired) electrons. The largest absolute Gasteiger partial charge is 0.497 e. The number of aryl methyl sites for hydroxylation is 1. The fourth-order valence-electron chi connectivity index (χ4n) is 3.10. The van der Waals surface area contributed by atoms with Gasteiger partial charge in [-0.2, -0.15) is 0 Å². The Balaban J connectivity index is 1.72. The zero-order chi connectivity index (χ0) is 14.8. The number of hydrogen-bond donors (Lipinski definition) is 2. The Bertz CT molecular complexity index is 622. The van der Waals surface area contributed by atoms with Crippen LogP contribution in [0.4, 0.5) is 5.69 Å². The van der Waals surface area contributed by atoms with E-state index in [1.54, 1.807) is 7.11 Å². The zero-order valence-electron chi connectivity index (χ0n) is 12.6. The first-order chi connectivity index (χ1) is 10.2. The molecule has 0 saturated heterocycles. The van der Waals surface area contributed by atoms with E-state index in [2.05, 4.69) is 36.5 Å². The lowest BCUT2D eigenvalue weighted by Crippen LogP contribution is -2.23. The first-order valence-corrected chi connectivity index (χ1v) is 7.45. The number of nitrogens with one attached hydrogen (secondary N) is 1. The molecule has 1 aliphatic rings. The summed E-state index contributed by atoms with van der Waals surface area (Å²) in [6, 6.07) is 15.3. The number of ether oxygens (including phenoxy) is 1. The third-order valence-electron chi connectivity index (χ3n) is 4.31. The van der Waals surface area contributed by atoms with Gasteiger partial charge in [0.2, 0.25) is 0 Å². The molecule has 0 aliphatic heterocycles. The predicted octanol–water partition coefficient (Wildman–Crippen LogP) is 3.62. The maximum absolute atomic E-state index is 5.86. The number of benzene rings is 2. The number of anilines is 1. The Kier molecular flexibility index (Phi) is 3.84. The van der Waals surface area contributed by atoms with Crippen LogP contribution in [0.5, 0.6) is 5.75 Å². The standard InChI is InChI=1S/C18H22N2O/c1-12(13-3-7-16(21-2)8-4-13)20-18-10-5-14-11-15(19)6-9-17(14)18/h3-4,6-9,11-12,18,20H,5,10,19H2,1-2H3/t12-,18?/m0/s1. The van der Waals surface area contributed by atoms with E-state index in [1.165, 1.54) is 16.7 Å². The van der Waals surface area contributed by atoms with E-state index >= 15 is 0 Å². The van der Waals surface area contributed by atoms with Gasteiger partial charge in [-0.05, 0) is 60.7 Å². The molecule has 110 valence electrons. The molecule has 3 rings (SSSR count). The molecule has 0 heterocycles. The molecular formula is C18H22N2O. The maximum atomic E-state index is 5.86. The third kappa shape index (κ3) is 2.88. The second kappa shape index (κ2) is 5.78. The van der Waals surface area contributed by atoms with Crippen LogP contribution < -0.4 is 15.8 Å². The van der Waals surface area contributed by atoms with E-state index in [0.29, 0.717) is 12.1 Å². The van der Waals surface area contributed by atoms with E-state index in [9.17, 15) is 0 Å². The minimum Gasteiger partial charge on any atom is -0.497 e. The van der Waals surface area contributed by atoms with E-state index in [1.807, 2.05) is 18.2 Å². The molecule has 1 unspecified atom stereocenters. The minimum absolute atomic E-state index is 0.310. The van der Waals surface area contributed by atoms with Gasteiger partial charge in [0.25, 0.3) is 0 Å². The average Bonchev–Trinajstić information content (AvgIpc) is 2.89. The smallest absolute Gasteiger partial charge is 0.118 e. The van der Waals surface area contributed by atoms with Crippen LogP contribution in [0.2, 0.25) is 0 Å². The summed E-state index contributed by atoms with van der Waals surface area (Å²) in [4.78, 5) is 0. The first-order valence-electron chi connectivity index (χ1n) is 7.45. The summed E-state index contributed by atoms with van der Waals surface area (Å²) in [6.07, 6.45) is 2.24. The first kappa shape index (κ1) is 14.0. The molecule has 3 heteroatoms. The van der Waals surface area contributed by atoms with Gasteiger partial charge in [0.05, 0.1) is 7.11 Å². The van der Waals surface area contributed by atoms with Crippen molar-refractivity contribution in [2.24, 2.45) is 0 Å². The second-order valence-corrected chi connectivity index (χ2v) is 5.71. The molecular weight excluding hydrogens is 260 g/mol. The Hall–Kier alpha value is -2.00.